The van der Waals surface area contributed by atoms with Gasteiger partial charge in [0.15, 0.2) is 0 Å². The van der Waals surface area contributed by atoms with Gasteiger partial charge in [0.1, 0.15) is 5.75 Å². The van der Waals surface area contributed by atoms with E-state index in [1.54, 1.807) is 7.11 Å². The minimum atomic E-state index is 0.559. The normalized spacial score (nSPS) is 25.7. The number of ether oxygens (including phenoxy) is 1. The van der Waals surface area contributed by atoms with Gasteiger partial charge >= 0.3 is 0 Å². The van der Waals surface area contributed by atoms with Gasteiger partial charge in [-0.15, -0.1) is 0 Å². The fourth-order valence-corrected chi connectivity index (χ4v) is 3.98. The number of nitrogens with zero attached hydrogens (tertiary/aromatic N) is 2. The zero-order valence-electron chi connectivity index (χ0n) is 13.8. The summed E-state index contributed by atoms with van der Waals surface area (Å²) in [5.41, 5.74) is 2.90. The molecule has 0 aliphatic carbocycles. The van der Waals surface area contributed by atoms with E-state index in [1.165, 1.54) is 37.1 Å². The number of hydrogen-bond acceptors (Lipinski definition) is 3. The minimum Gasteiger partial charge on any atom is -0.497 e. The number of benzene rings is 1. The Hall–Kier alpha value is -1.22. The van der Waals surface area contributed by atoms with Gasteiger partial charge in [-0.3, -0.25) is 0 Å². The average Bonchev–Trinajstić information content (AvgIpc) is 3.03. The van der Waals surface area contributed by atoms with Gasteiger partial charge in [0.25, 0.3) is 0 Å². The first-order valence-electron chi connectivity index (χ1n) is 8.25. The van der Waals surface area contributed by atoms with Crippen LogP contribution in [0, 0.1) is 0 Å². The molecule has 0 N–H and O–H groups in total. The molecule has 0 unspecified atom stereocenters. The summed E-state index contributed by atoms with van der Waals surface area (Å²) in [6, 6.07) is 7.91. The molecule has 1 fully saturated rings. The fourth-order valence-electron chi connectivity index (χ4n) is 3.98. The molecule has 3 nitrogen and oxygen atoms in total. The Bertz CT molecular complexity index is 500. The fraction of sp³-hybridized carbons (Fsp3) is 0.667. The van der Waals surface area contributed by atoms with Crippen molar-refractivity contribution in [3.05, 3.63) is 23.8 Å². The Labute approximate surface area is 128 Å². The average molecular weight is 288 g/mol. The summed E-state index contributed by atoms with van der Waals surface area (Å²) in [7, 11) is 4.04. The van der Waals surface area contributed by atoms with Crippen LogP contribution in [0.1, 0.15) is 44.6 Å². The highest BCUT2D eigenvalue weighted by Gasteiger charge is 2.33. The maximum Gasteiger partial charge on any atom is 0.119 e. The van der Waals surface area contributed by atoms with E-state index in [0.29, 0.717) is 12.0 Å². The molecule has 3 rings (SSSR count). The number of likely N-dealkylation sites (tertiary alicyclic amines) is 1. The summed E-state index contributed by atoms with van der Waals surface area (Å²) in [6.45, 7) is 7.00. The second kappa shape index (κ2) is 5.88. The van der Waals surface area contributed by atoms with Gasteiger partial charge in [-0.05, 0) is 70.5 Å². The monoisotopic (exact) mass is 288 g/mol. The van der Waals surface area contributed by atoms with Crippen molar-refractivity contribution in [3.63, 3.8) is 0 Å². The maximum atomic E-state index is 5.45. The van der Waals surface area contributed by atoms with Gasteiger partial charge in [-0.2, -0.15) is 0 Å². The second-order valence-corrected chi connectivity index (χ2v) is 6.88. The smallest absolute Gasteiger partial charge is 0.119 e. The molecule has 2 aliphatic heterocycles. The van der Waals surface area contributed by atoms with Crippen LogP contribution in [-0.4, -0.2) is 44.2 Å². The minimum absolute atomic E-state index is 0.559. The molecule has 0 radical (unpaired) electrons. The van der Waals surface area contributed by atoms with Crippen LogP contribution < -0.4 is 9.64 Å². The largest absolute Gasteiger partial charge is 0.497 e. The van der Waals surface area contributed by atoms with Crippen molar-refractivity contribution in [1.29, 1.82) is 0 Å². The van der Waals surface area contributed by atoms with Crippen LogP contribution in [0.25, 0.3) is 0 Å². The van der Waals surface area contributed by atoms with E-state index in [0.717, 1.165) is 18.3 Å². The van der Waals surface area contributed by atoms with Crippen molar-refractivity contribution in [1.82, 2.24) is 4.90 Å². The van der Waals surface area contributed by atoms with Crippen molar-refractivity contribution in [2.45, 2.75) is 51.1 Å². The van der Waals surface area contributed by atoms with Crippen LogP contribution >= 0.6 is 0 Å². The van der Waals surface area contributed by atoms with E-state index in [2.05, 4.69) is 48.9 Å². The summed E-state index contributed by atoms with van der Waals surface area (Å²) in [6.07, 6.45) is 3.99. The molecule has 0 spiro atoms. The predicted octanol–water partition coefficient (Wildman–Crippen LogP) is 3.49. The highest BCUT2D eigenvalue weighted by Crippen LogP contribution is 2.42. The number of methoxy groups -OCH3 is 1. The highest BCUT2D eigenvalue weighted by atomic mass is 16.5. The van der Waals surface area contributed by atoms with E-state index in [9.17, 15) is 0 Å². The SMILES string of the molecule is COc1ccc2c(c1)[C@@H](C[C@H]1CCCN1C)CN2C(C)C. The topological polar surface area (TPSA) is 15.7 Å². The van der Waals surface area contributed by atoms with Gasteiger partial charge in [0.2, 0.25) is 0 Å². The number of rotatable bonds is 4. The van der Waals surface area contributed by atoms with Gasteiger partial charge < -0.3 is 14.5 Å². The first-order chi connectivity index (χ1) is 10.1. The molecule has 2 atom stereocenters. The molecule has 2 aliphatic rings. The van der Waals surface area contributed by atoms with Crippen molar-refractivity contribution in [2.75, 3.05) is 32.1 Å². The molecule has 1 saturated heterocycles. The first kappa shape index (κ1) is 14.7. The number of anilines is 1. The lowest BCUT2D eigenvalue weighted by atomic mass is 9.93. The predicted molar refractivity (Wildman–Crippen MR) is 88.5 cm³/mol. The Morgan fingerprint density at radius 2 is 2.14 bits per heavy atom. The molecule has 0 bridgehead atoms. The zero-order chi connectivity index (χ0) is 15.0. The van der Waals surface area contributed by atoms with E-state index in [-0.39, 0.29) is 0 Å². The van der Waals surface area contributed by atoms with Crippen LogP contribution in [0.15, 0.2) is 18.2 Å². The van der Waals surface area contributed by atoms with Gasteiger partial charge in [-0.25, -0.2) is 0 Å². The molecule has 1 aromatic carbocycles. The molecular formula is C18H28N2O. The van der Waals surface area contributed by atoms with Crippen molar-refractivity contribution >= 4 is 5.69 Å². The Morgan fingerprint density at radius 3 is 2.76 bits per heavy atom. The lowest BCUT2D eigenvalue weighted by Crippen LogP contribution is -2.31. The maximum absolute atomic E-state index is 5.45. The Morgan fingerprint density at radius 1 is 1.33 bits per heavy atom. The first-order valence-corrected chi connectivity index (χ1v) is 8.25. The number of fused-ring (bicyclic) bond motifs is 1. The van der Waals surface area contributed by atoms with Crippen LogP contribution in [0.2, 0.25) is 0 Å². The van der Waals surface area contributed by atoms with Crippen molar-refractivity contribution in [3.8, 4) is 5.75 Å². The van der Waals surface area contributed by atoms with Crippen LogP contribution in [0.5, 0.6) is 5.75 Å². The van der Waals surface area contributed by atoms with E-state index < -0.39 is 0 Å². The molecule has 0 amide bonds. The molecule has 0 saturated carbocycles. The Kier molecular flexibility index (Phi) is 4.12. The molecule has 1 aromatic rings. The summed E-state index contributed by atoms with van der Waals surface area (Å²) in [5.74, 6) is 1.63. The van der Waals surface area contributed by atoms with Crippen molar-refractivity contribution < 1.29 is 4.74 Å². The summed E-state index contributed by atoms with van der Waals surface area (Å²) in [5, 5.41) is 0. The second-order valence-electron chi connectivity index (χ2n) is 6.88. The summed E-state index contributed by atoms with van der Waals surface area (Å²) in [4.78, 5) is 5.09. The summed E-state index contributed by atoms with van der Waals surface area (Å²) >= 11 is 0. The zero-order valence-corrected chi connectivity index (χ0v) is 13.8. The van der Waals surface area contributed by atoms with E-state index in [1.807, 2.05) is 0 Å². The van der Waals surface area contributed by atoms with Gasteiger partial charge in [0.05, 0.1) is 7.11 Å². The molecule has 0 aromatic heterocycles. The lowest BCUT2D eigenvalue weighted by Gasteiger charge is -2.26. The quantitative estimate of drug-likeness (QED) is 0.843. The number of hydrogen-bond donors (Lipinski definition) is 0. The van der Waals surface area contributed by atoms with Crippen LogP contribution in [0.4, 0.5) is 5.69 Å². The molecule has 2 heterocycles. The van der Waals surface area contributed by atoms with Gasteiger partial charge in [0, 0.05) is 30.2 Å². The highest BCUT2D eigenvalue weighted by molar-refractivity contribution is 5.63. The Balaban J connectivity index is 1.86. The molecule has 21 heavy (non-hydrogen) atoms. The van der Waals surface area contributed by atoms with E-state index >= 15 is 0 Å². The third-order valence-corrected chi connectivity index (χ3v) is 5.25. The van der Waals surface area contributed by atoms with Gasteiger partial charge in [-0.1, -0.05) is 0 Å². The lowest BCUT2D eigenvalue weighted by molar-refractivity contribution is 0.283. The molecule has 116 valence electrons. The van der Waals surface area contributed by atoms with Crippen LogP contribution in [0.3, 0.4) is 0 Å². The third kappa shape index (κ3) is 2.76. The summed E-state index contributed by atoms with van der Waals surface area (Å²) < 4.78 is 5.45. The van der Waals surface area contributed by atoms with Crippen molar-refractivity contribution in [2.24, 2.45) is 0 Å². The standard InChI is InChI=1S/C18H28N2O/c1-13(2)20-12-14(10-15-6-5-9-19(15)3)17-11-16(21-4)7-8-18(17)20/h7-8,11,13-15H,5-6,9-10,12H2,1-4H3/t14-,15+/m0/s1. The molecular weight excluding hydrogens is 260 g/mol. The van der Waals surface area contributed by atoms with Crippen LogP contribution in [-0.2, 0) is 0 Å². The third-order valence-electron chi connectivity index (χ3n) is 5.25. The van der Waals surface area contributed by atoms with E-state index in [4.69, 9.17) is 4.74 Å². The molecule has 3 heteroatoms.